The van der Waals surface area contributed by atoms with Gasteiger partial charge in [-0.15, -0.1) is 11.3 Å². The molecule has 0 spiro atoms. The minimum absolute atomic E-state index is 0.645. The number of hydrogen-bond donors (Lipinski definition) is 1. The lowest BCUT2D eigenvalue weighted by atomic mass is 10.4. The number of rotatable bonds is 2. The van der Waals surface area contributed by atoms with Gasteiger partial charge in [0.15, 0.2) is 10.6 Å². The van der Waals surface area contributed by atoms with E-state index >= 15 is 0 Å². The van der Waals surface area contributed by atoms with Gasteiger partial charge in [0.25, 0.3) is 0 Å². The third-order valence-corrected chi connectivity index (χ3v) is 4.07. The summed E-state index contributed by atoms with van der Waals surface area (Å²) in [6, 6.07) is 0. The van der Waals surface area contributed by atoms with Crippen LogP contribution in [0.25, 0.3) is 10.7 Å². The molecule has 0 aromatic carbocycles. The van der Waals surface area contributed by atoms with Gasteiger partial charge in [-0.3, -0.25) is 5.10 Å². The molecule has 0 bridgehead atoms. The molecule has 1 aliphatic rings. The Balaban J connectivity index is 2.04. The first-order valence-corrected chi connectivity index (χ1v) is 6.05. The lowest BCUT2D eigenvalue weighted by molar-refractivity contribution is 0.903. The van der Waals surface area contributed by atoms with Gasteiger partial charge in [0.1, 0.15) is 0 Å². The SMILES string of the molecule is Cn1c(-c2cnc(C3CC3)s2)n[nH]c1=S. The number of aromatic amines is 1. The van der Waals surface area contributed by atoms with Crippen molar-refractivity contribution >= 4 is 23.6 Å². The molecule has 0 amide bonds. The van der Waals surface area contributed by atoms with Crippen LogP contribution >= 0.6 is 23.6 Å². The van der Waals surface area contributed by atoms with Crippen LogP contribution in [0.3, 0.4) is 0 Å². The second-order valence-corrected chi connectivity index (χ2v) is 5.20. The smallest absolute Gasteiger partial charge is 0.195 e. The Kier molecular flexibility index (Phi) is 2.00. The van der Waals surface area contributed by atoms with E-state index in [0.717, 1.165) is 10.7 Å². The molecule has 15 heavy (non-hydrogen) atoms. The van der Waals surface area contributed by atoms with E-state index in [0.29, 0.717) is 10.7 Å². The van der Waals surface area contributed by atoms with Gasteiger partial charge in [-0.05, 0) is 25.1 Å². The van der Waals surface area contributed by atoms with Crippen LogP contribution in [0.5, 0.6) is 0 Å². The molecule has 0 aliphatic heterocycles. The summed E-state index contributed by atoms with van der Waals surface area (Å²) in [5.41, 5.74) is 0. The van der Waals surface area contributed by atoms with E-state index in [1.165, 1.54) is 17.8 Å². The highest BCUT2D eigenvalue weighted by atomic mass is 32.1. The van der Waals surface area contributed by atoms with Gasteiger partial charge in [0, 0.05) is 19.2 Å². The van der Waals surface area contributed by atoms with E-state index in [1.807, 2.05) is 17.8 Å². The van der Waals surface area contributed by atoms with Crippen molar-refractivity contribution in [1.82, 2.24) is 19.7 Å². The van der Waals surface area contributed by atoms with Crippen LogP contribution in [0.1, 0.15) is 23.8 Å². The van der Waals surface area contributed by atoms with Crippen molar-refractivity contribution in [1.29, 1.82) is 0 Å². The highest BCUT2D eigenvalue weighted by Gasteiger charge is 2.27. The van der Waals surface area contributed by atoms with Gasteiger partial charge in [-0.1, -0.05) is 0 Å². The third kappa shape index (κ3) is 1.53. The van der Waals surface area contributed by atoms with Gasteiger partial charge < -0.3 is 4.57 Å². The average molecular weight is 238 g/mol. The molecule has 1 aliphatic carbocycles. The Morgan fingerprint density at radius 1 is 1.60 bits per heavy atom. The summed E-state index contributed by atoms with van der Waals surface area (Å²) in [5.74, 6) is 1.58. The molecule has 0 atom stereocenters. The molecule has 78 valence electrons. The quantitative estimate of drug-likeness (QED) is 0.818. The number of nitrogens with zero attached hydrogens (tertiary/aromatic N) is 3. The third-order valence-electron chi connectivity index (χ3n) is 2.55. The molecule has 2 aromatic rings. The van der Waals surface area contributed by atoms with Crippen LogP contribution in [0.2, 0.25) is 0 Å². The van der Waals surface area contributed by atoms with Gasteiger partial charge in [0.05, 0.1) is 9.88 Å². The maximum atomic E-state index is 5.07. The van der Waals surface area contributed by atoms with Crippen LogP contribution in [0.15, 0.2) is 6.20 Å². The van der Waals surface area contributed by atoms with Crippen molar-refractivity contribution in [3.8, 4) is 10.7 Å². The predicted octanol–water partition coefficient (Wildman–Crippen LogP) is 2.48. The predicted molar refractivity (Wildman–Crippen MR) is 61.5 cm³/mol. The topological polar surface area (TPSA) is 46.5 Å². The van der Waals surface area contributed by atoms with Crippen LogP contribution in [0.4, 0.5) is 0 Å². The molecule has 1 N–H and O–H groups in total. The Hall–Kier alpha value is -1.01. The largest absolute Gasteiger partial charge is 0.303 e. The second kappa shape index (κ2) is 3.24. The van der Waals surface area contributed by atoms with Crippen LogP contribution in [-0.2, 0) is 7.05 Å². The van der Waals surface area contributed by atoms with E-state index in [9.17, 15) is 0 Å². The zero-order chi connectivity index (χ0) is 10.4. The van der Waals surface area contributed by atoms with Crippen LogP contribution in [0, 0.1) is 4.77 Å². The fourth-order valence-corrected chi connectivity index (χ4v) is 2.72. The van der Waals surface area contributed by atoms with E-state index in [-0.39, 0.29) is 0 Å². The van der Waals surface area contributed by atoms with Crippen molar-refractivity contribution < 1.29 is 0 Å². The Bertz CT molecular complexity index is 546. The minimum atomic E-state index is 0.645. The lowest BCUT2D eigenvalue weighted by Crippen LogP contribution is -1.89. The van der Waals surface area contributed by atoms with Crippen molar-refractivity contribution in [3.63, 3.8) is 0 Å². The molecular weight excluding hydrogens is 228 g/mol. The number of aromatic nitrogens is 4. The maximum absolute atomic E-state index is 5.07. The zero-order valence-corrected chi connectivity index (χ0v) is 9.86. The van der Waals surface area contributed by atoms with Crippen molar-refractivity contribution in [2.24, 2.45) is 7.05 Å². The van der Waals surface area contributed by atoms with E-state index < -0.39 is 0 Å². The van der Waals surface area contributed by atoms with Crippen molar-refractivity contribution in [3.05, 3.63) is 16.0 Å². The fourth-order valence-electron chi connectivity index (χ4n) is 1.48. The first-order valence-electron chi connectivity index (χ1n) is 4.83. The number of hydrogen-bond acceptors (Lipinski definition) is 4. The molecule has 0 radical (unpaired) electrons. The van der Waals surface area contributed by atoms with Crippen molar-refractivity contribution in [2.75, 3.05) is 0 Å². The first-order chi connectivity index (χ1) is 7.25. The van der Waals surface area contributed by atoms with Gasteiger partial charge in [-0.25, -0.2) is 4.98 Å². The highest BCUT2D eigenvalue weighted by molar-refractivity contribution is 7.71. The Labute approximate surface area is 96.0 Å². The minimum Gasteiger partial charge on any atom is -0.303 e. The Morgan fingerprint density at radius 3 is 3.00 bits per heavy atom. The molecule has 2 heterocycles. The molecule has 6 heteroatoms. The maximum Gasteiger partial charge on any atom is 0.195 e. The Morgan fingerprint density at radius 2 is 2.40 bits per heavy atom. The second-order valence-electron chi connectivity index (χ2n) is 3.75. The summed E-state index contributed by atoms with van der Waals surface area (Å²) in [5, 5.41) is 8.21. The average Bonchev–Trinajstić information content (AvgIpc) is 2.89. The first kappa shape index (κ1) is 9.23. The summed E-state index contributed by atoms with van der Waals surface area (Å²) in [4.78, 5) is 5.51. The molecule has 1 saturated carbocycles. The van der Waals surface area contributed by atoms with E-state index in [1.54, 1.807) is 11.3 Å². The van der Waals surface area contributed by atoms with Gasteiger partial charge >= 0.3 is 0 Å². The normalized spacial score (nSPS) is 15.8. The summed E-state index contributed by atoms with van der Waals surface area (Å²) >= 11 is 6.80. The number of nitrogens with one attached hydrogen (secondary N) is 1. The molecule has 2 aromatic heterocycles. The van der Waals surface area contributed by atoms with Crippen LogP contribution in [-0.4, -0.2) is 19.7 Å². The molecule has 1 fully saturated rings. The molecule has 0 unspecified atom stereocenters. The summed E-state index contributed by atoms with van der Waals surface area (Å²) in [7, 11) is 1.91. The standard InChI is InChI=1S/C9H10N4S2/c1-13-7(11-12-9(13)14)6-4-10-8(15-6)5-2-3-5/h4-5H,2-3H2,1H3,(H,12,14). The fraction of sp³-hybridized carbons (Fsp3) is 0.444. The van der Waals surface area contributed by atoms with Crippen LogP contribution < -0.4 is 0 Å². The number of thiazole rings is 1. The van der Waals surface area contributed by atoms with Gasteiger partial charge in [0.2, 0.25) is 0 Å². The molecule has 4 nitrogen and oxygen atoms in total. The molecule has 0 saturated heterocycles. The molecule has 3 rings (SSSR count). The highest BCUT2D eigenvalue weighted by Crippen LogP contribution is 2.43. The van der Waals surface area contributed by atoms with Gasteiger partial charge in [-0.2, -0.15) is 5.10 Å². The summed E-state index contributed by atoms with van der Waals surface area (Å²) in [6.07, 6.45) is 4.46. The monoisotopic (exact) mass is 238 g/mol. The zero-order valence-electron chi connectivity index (χ0n) is 8.23. The summed E-state index contributed by atoms with van der Waals surface area (Å²) in [6.45, 7) is 0. The molecular formula is C9H10N4S2. The summed E-state index contributed by atoms with van der Waals surface area (Å²) < 4.78 is 2.52. The lowest BCUT2D eigenvalue weighted by Gasteiger charge is -1.93. The van der Waals surface area contributed by atoms with E-state index in [2.05, 4.69) is 15.2 Å². The number of H-pyrrole nitrogens is 1. The van der Waals surface area contributed by atoms with E-state index in [4.69, 9.17) is 12.2 Å². The van der Waals surface area contributed by atoms with Crippen molar-refractivity contribution in [2.45, 2.75) is 18.8 Å².